The third-order valence-corrected chi connectivity index (χ3v) is 20.4. The van der Waals surface area contributed by atoms with E-state index in [1.165, 1.54) is 160 Å². The Morgan fingerprint density at radius 1 is 0.397 bits per heavy atom. The van der Waals surface area contributed by atoms with E-state index in [1.54, 1.807) is 0 Å². The fraction of sp³-hybridized carbons (Fsp3) is 0.362. The molecule has 73 heavy (non-hydrogen) atoms. The predicted octanol–water partition coefficient (Wildman–Crippen LogP) is 17.7. The third kappa shape index (κ3) is 7.08. The Bertz CT molecular complexity index is 3550. The molecule has 0 unspecified atom stereocenters. The first-order valence-electron chi connectivity index (χ1n) is 27.5. The molecule has 0 saturated carbocycles. The first kappa shape index (κ1) is 46.9. The van der Waals surface area contributed by atoms with Gasteiger partial charge in [0.15, 0.2) is 0 Å². The summed E-state index contributed by atoms with van der Waals surface area (Å²) in [6.45, 7) is 32.2. The molecular weight excluding hydrogens is 900 g/mol. The Morgan fingerprint density at radius 2 is 0.863 bits per heavy atom. The van der Waals surface area contributed by atoms with Gasteiger partial charge in [-0.1, -0.05) is 156 Å². The van der Waals surface area contributed by atoms with E-state index in [-0.39, 0.29) is 39.2 Å². The van der Waals surface area contributed by atoms with E-state index in [2.05, 4.69) is 245 Å². The number of rotatable bonds is 4. The molecule has 7 aromatic carbocycles. The molecule has 0 fully saturated rings. The molecule has 0 bridgehead atoms. The number of fused-ring (bicyclic) bond motifs is 9. The smallest absolute Gasteiger partial charge is 0.264 e. The molecule has 4 heteroatoms. The van der Waals surface area contributed by atoms with Gasteiger partial charge in [0.1, 0.15) is 0 Å². The lowest BCUT2D eigenvalue weighted by Crippen LogP contribution is -2.61. The molecule has 0 radical (unpaired) electrons. The quantitative estimate of drug-likeness (QED) is 0.162. The normalized spacial score (nSPS) is 19.8. The molecule has 3 heterocycles. The van der Waals surface area contributed by atoms with Gasteiger partial charge in [0.2, 0.25) is 0 Å². The highest BCUT2D eigenvalue weighted by Gasteiger charge is 2.49. The second-order valence-corrected chi connectivity index (χ2v) is 28.1. The van der Waals surface area contributed by atoms with Crippen LogP contribution in [0, 0.1) is 6.92 Å². The van der Waals surface area contributed by atoms with E-state index in [0.717, 1.165) is 0 Å². The van der Waals surface area contributed by atoms with Gasteiger partial charge in [0.05, 0.1) is 5.69 Å². The zero-order valence-corrected chi connectivity index (χ0v) is 46.6. The van der Waals surface area contributed by atoms with Gasteiger partial charge < -0.3 is 9.80 Å². The van der Waals surface area contributed by atoms with Crippen LogP contribution in [-0.4, -0.2) is 6.71 Å². The largest absolute Gasteiger partial charge is 0.311 e. The van der Waals surface area contributed by atoms with Crippen LogP contribution in [0.25, 0.3) is 32.3 Å². The molecule has 3 aliphatic carbocycles. The van der Waals surface area contributed by atoms with Gasteiger partial charge in [-0.25, -0.2) is 0 Å². The first-order chi connectivity index (χ1) is 34.5. The lowest BCUT2D eigenvalue weighted by Gasteiger charge is -2.47. The van der Waals surface area contributed by atoms with Crippen LogP contribution in [0.5, 0.6) is 0 Å². The predicted molar refractivity (Wildman–Crippen MR) is 317 cm³/mol. The number of anilines is 6. The van der Waals surface area contributed by atoms with Crippen LogP contribution in [0.3, 0.4) is 0 Å². The fourth-order valence-electron chi connectivity index (χ4n) is 14.3. The van der Waals surface area contributed by atoms with Crippen molar-refractivity contribution in [2.45, 2.75) is 161 Å². The number of nitrogens with zero attached hydrogens (tertiary/aromatic N) is 2. The van der Waals surface area contributed by atoms with Gasteiger partial charge in [-0.15, -0.1) is 11.3 Å². The van der Waals surface area contributed by atoms with Crippen LogP contribution in [0.15, 0.2) is 133 Å². The van der Waals surface area contributed by atoms with Crippen molar-refractivity contribution < 1.29 is 0 Å². The minimum atomic E-state index is 0.0450. The van der Waals surface area contributed by atoms with Crippen molar-refractivity contribution in [3.63, 3.8) is 0 Å². The van der Waals surface area contributed by atoms with E-state index in [4.69, 9.17) is 0 Å². The summed E-state index contributed by atoms with van der Waals surface area (Å²) in [7, 11) is 0. The number of thiophene rings is 1. The number of benzene rings is 7. The Hall–Kier alpha value is -5.84. The molecule has 2 aliphatic heterocycles. The molecule has 0 atom stereocenters. The summed E-state index contributed by atoms with van der Waals surface area (Å²) in [5.41, 5.74) is 26.4. The molecule has 1 aromatic heterocycles. The maximum atomic E-state index is 2.73. The van der Waals surface area contributed by atoms with Crippen LogP contribution in [0.2, 0.25) is 0 Å². The molecule has 13 rings (SSSR count). The summed E-state index contributed by atoms with van der Waals surface area (Å²) in [6.07, 6.45) is 7.11. The van der Waals surface area contributed by atoms with E-state index in [9.17, 15) is 0 Å². The summed E-state index contributed by atoms with van der Waals surface area (Å²) >= 11 is 2.07. The lowest BCUT2D eigenvalue weighted by molar-refractivity contribution is 0.332. The van der Waals surface area contributed by atoms with Crippen LogP contribution in [0.4, 0.5) is 34.1 Å². The van der Waals surface area contributed by atoms with Crippen molar-refractivity contribution in [2.24, 2.45) is 0 Å². The number of hydrogen-bond donors (Lipinski definition) is 0. The molecule has 0 N–H and O–H groups in total. The summed E-state index contributed by atoms with van der Waals surface area (Å²) in [4.78, 5) is 5.46. The minimum absolute atomic E-state index is 0.0450. The van der Waals surface area contributed by atoms with Crippen molar-refractivity contribution in [2.75, 3.05) is 9.80 Å². The van der Waals surface area contributed by atoms with E-state index in [1.807, 2.05) is 0 Å². The standard InChI is InChI=1S/C69H73BN2S/c1-42-32-58-61-59(33-42)72(48-35-45(43-20-16-14-17-21-43)34-46(36-48)44-22-18-15-19-23-44)62-49-38-52-55(69(12,13)31-28-66(52,6)7)41-60(49)73-63(62)70(61)56-39-53-54(68(10,11)30-29-67(53,8)9)40-57(56)71(58)47-24-25-50-51(37-47)65(4,5)27-26-64(50,2)3/h14-25,32-41H,26-31H2,1-13H3. The van der Waals surface area contributed by atoms with Crippen molar-refractivity contribution >= 4 is 78.0 Å². The van der Waals surface area contributed by atoms with E-state index >= 15 is 0 Å². The van der Waals surface area contributed by atoms with Gasteiger partial charge in [0.25, 0.3) is 6.71 Å². The van der Waals surface area contributed by atoms with Crippen LogP contribution < -0.4 is 25.5 Å². The van der Waals surface area contributed by atoms with Crippen LogP contribution in [0.1, 0.15) is 161 Å². The van der Waals surface area contributed by atoms with Crippen molar-refractivity contribution in [1.82, 2.24) is 0 Å². The topological polar surface area (TPSA) is 6.48 Å². The number of hydrogen-bond acceptors (Lipinski definition) is 3. The van der Waals surface area contributed by atoms with Gasteiger partial charge >= 0.3 is 0 Å². The molecule has 2 nitrogen and oxygen atoms in total. The summed E-state index contributed by atoms with van der Waals surface area (Å²) in [5.74, 6) is 0. The zero-order chi connectivity index (χ0) is 50.9. The highest BCUT2D eigenvalue weighted by molar-refractivity contribution is 7.33. The maximum Gasteiger partial charge on any atom is 0.264 e. The average molecular weight is 973 g/mol. The fourth-order valence-corrected chi connectivity index (χ4v) is 15.7. The molecule has 368 valence electrons. The highest BCUT2D eigenvalue weighted by atomic mass is 32.1. The Morgan fingerprint density at radius 3 is 1.41 bits per heavy atom. The SMILES string of the molecule is Cc1cc2c3c(c1)N(c1cc(-c4ccccc4)cc(-c4ccccc4)c1)c1c(sc4cc5c(cc14)C(C)(C)CCC5(C)C)B3c1cc3c(cc1N2c1ccc2c(c1)C(C)(C)CCC2(C)C)C(C)(C)CCC3(C)C. The van der Waals surface area contributed by atoms with E-state index in [0.29, 0.717) is 0 Å². The second-order valence-electron chi connectivity index (χ2n) is 27.0. The van der Waals surface area contributed by atoms with Crippen molar-refractivity contribution in [1.29, 1.82) is 0 Å². The van der Waals surface area contributed by atoms with Crippen molar-refractivity contribution in [3.05, 3.63) is 172 Å². The lowest BCUT2D eigenvalue weighted by atomic mass is 9.35. The molecule has 0 saturated heterocycles. The number of aryl methyl sites for hydroxylation is 1. The molecule has 8 aromatic rings. The monoisotopic (exact) mass is 973 g/mol. The second kappa shape index (κ2) is 15.6. The van der Waals surface area contributed by atoms with E-state index < -0.39 is 0 Å². The Kier molecular flexibility index (Phi) is 10.0. The molecule has 0 amide bonds. The highest BCUT2D eigenvalue weighted by Crippen LogP contribution is 2.56. The van der Waals surface area contributed by atoms with Gasteiger partial charge in [-0.05, 0) is 211 Å². The molecular formula is C69H73BN2S. The van der Waals surface area contributed by atoms with Gasteiger partial charge in [-0.3, -0.25) is 0 Å². The summed E-state index contributed by atoms with van der Waals surface area (Å²) in [6, 6.07) is 52.8. The summed E-state index contributed by atoms with van der Waals surface area (Å²) in [5, 5.41) is 1.38. The zero-order valence-electron chi connectivity index (χ0n) is 45.8. The van der Waals surface area contributed by atoms with Gasteiger partial charge in [-0.2, -0.15) is 0 Å². The Labute approximate surface area is 441 Å². The Balaban J connectivity index is 1.17. The molecule has 5 aliphatic rings. The summed E-state index contributed by atoms with van der Waals surface area (Å²) < 4.78 is 2.86. The molecule has 0 spiro atoms. The third-order valence-electron chi connectivity index (χ3n) is 19.2. The van der Waals surface area contributed by atoms with Gasteiger partial charge in [0, 0.05) is 43.3 Å². The van der Waals surface area contributed by atoms with Crippen LogP contribution in [-0.2, 0) is 32.5 Å². The van der Waals surface area contributed by atoms with Crippen LogP contribution >= 0.6 is 11.3 Å². The minimum Gasteiger partial charge on any atom is -0.311 e. The maximum absolute atomic E-state index is 2.73. The van der Waals surface area contributed by atoms with Crippen molar-refractivity contribution in [3.8, 4) is 22.3 Å². The first-order valence-corrected chi connectivity index (χ1v) is 28.3. The average Bonchev–Trinajstić information content (AvgIpc) is 3.74.